The molecule has 1 unspecified atom stereocenters. The molecule has 0 spiro atoms. The SMILES string of the molecule is O=S(=O)(c1ccccn1)C1C2=CN=C1C(c1ccccc1)=C1C=CC(=N1)C(c1ccccc1)=c1ccc([nH]1)=C(c1ccccc1)C1=NC(=C2c2ccccc2)C=C1. The molecular weight excluding hydrogens is 723 g/mol. The Bertz CT molecular complexity index is 2910. The Morgan fingerprint density at radius 1 is 0.474 bits per heavy atom. The molecule has 8 heteroatoms. The molecule has 4 aliphatic rings. The number of hydrogen-bond donors (Lipinski definition) is 1. The van der Waals surface area contributed by atoms with Crippen molar-refractivity contribution in [2.45, 2.75) is 10.3 Å². The molecule has 4 aliphatic heterocycles. The molecule has 8 bridgehead atoms. The minimum atomic E-state index is -4.21. The Hall–Kier alpha value is -7.29. The third-order valence-corrected chi connectivity index (χ3v) is 12.4. The van der Waals surface area contributed by atoms with Gasteiger partial charge in [0.2, 0.25) is 9.84 Å². The minimum Gasteiger partial charge on any atom is -0.354 e. The van der Waals surface area contributed by atoms with Crippen molar-refractivity contribution in [2.24, 2.45) is 15.0 Å². The normalized spacial score (nSPS) is 17.5. The highest BCUT2D eigenvalue weighted by Crippen LogP contribution is 2.43. The molecule has 0 fully saturated rings. The molecule has 272 valence electrons. The molecule has 6 heterocycles. The number of fused-ring (bicyclic) bond motifs is 6. The molecule has 2 aromatic heterocycles. The van der Waals surface area contributed by atoms with Gasteiger partial charge in [0, 0.05) is 51.0 Å². The Morgan fingerprint density at radius 2 is 0.930 bits per heavy atom. The fourth-order valence-corrected chi connectivity index (χ4v) is 9.63. The van der Waals surface area contributed by atoms with Crippen LogP contribution < -0.4 is 10.7 Å². The molecule has 1 atom stereocenters. The van der Waals surface area contributed by atoms with Gasteiger partial charge in [-0.3, -0.25) is 4.99 Å². The van der Waals surface area contributed by atoms with Crippen LogP contribution in [-0.2, 0) is 9.84 Å². The van der Waals surface area contributed by atoms with E-state index >= 15 is 8.42 Å². The number of rotatable bonds is 6. The molecular formula is C49H33N5O2S. The largest absolute Gasteiger partial charge is 0.354 e. The summed E-state index contributed by atoms with van der Waals surface area (Å²) in [5.74, 6) is 0. The first kappa shape index (κ1) is 34.2. The maximum absolute atomic E-state index is 15.3. The van der Waals surface area contributed by atoms with Crippen molar-refractivity contribution in [1.82, 2.24) is 9.97 Å². The van der Waals surface area contributed by atoms with Crippen LogP contribution in [0.5, 0.6) is 0 Å². The molecule has 0 amide bonds. The summed E-state index contributed by atoms with van der Waals surface area (Å²) in [6.07, 6.45) is 11.1. The van der Waals surface area contributed by atoms with Crippen LogP contribution in [0.25, 0.3) is 22.3 Å². The minimum absolute atomic E-state index is 0.0436. The maximum atomic E-state index is 15.3. The van der Waals surface area contributed by atoms with Crippen LogP contribution in [0.4, 0.5) is 0 Å². The van der Waals surface area contributed by atoms with Gasteiger partial charge < -0.3 is 4.98 Å². The van der Waals surface area contributed by atoms with Crippen LogP contribution in [0, 0.1) is 0 Å². The average Bonchev–Trinajstić information content (AvgIpc) is 4.10. The standard InChI is InChI=1S/C49H33N5O2S/c55-57(56,43-23-13-14-30-50-43)49-36-31-51-48(49)47(35-21-11-4-12-22-35)42-29-28-41(54-42)46(34-19-9-3-10-20-34)40-27-26-39(53-40)45(33-17-7-2-8-18-33)38-25-24-37(52-38)44(36)32-15-5-1-6-16-32/h1-31,49,53H. The second kappa shape index (κ2) is 14.1. The van der Waals surface area contributed by atoms with E-state index < -0.39 is 15.1 Å². The molecule has 0 aliphatic carbocycles. The zero-order valence-corrected chi connectivity index (χ0v) is 31.3. The number of aromatic amines is 1. The smallest absolute Gasteiger partial charge is 0.208 e. The number of nitrogens with one attached hydrogen (secondary N) is 1. The van der Waals surface area contributed by atoms with Gasteiger partial charge in [0.25, 0.3) is 0 Å². The fourth-order valence-electron chi connectivity index (χ4n) is 7.92. The third kappa shape index (κ3) is 6.03. The molecule has 57 heavy (non-hydrogen) atoms. The summed E-state index contributed by atoms with van der Waals surface area (Å²) in [4.78, 5) is 23.9. The molecule has 0 saturated heterocycles. The van der Waals surface area contributed by atoms with E-state index in [0.29, 0.717) is 33.8 Å². The Morgan fingerprint density at radius 3 is 1.42 bits per heavy atom. The summed E-state index contributed by atoms with van der Waals surface area (Å²) in [7, 11) is -4.21. The van der Waals surface area contributed by atoms with Gasteiger partial charge in [0.15, 0.2) is 5.03 Å². The number of sulfone groups is 1. The summed E-state index contributed by atoms with van der Waals surface area (Å²) in [5.41, 5.74) is 10.2. The van der Waals surface area contributed by atoms with E-state index in [2.05, 4.69) is 46.4 Å². The highest BCUT2D eigenvalue weighted by atomic mass is 32.2. The highest BCUT2D eigenvalue weighted by molar-refractivity contribution is 7.93. The van der Waals surface area contributed by atoms with Gasteiger partial charge in [-0.2, -0.15) is 0 Å². The van der Waals surface area contributed by atoms with Crippen LogP contribution in [0.15, 0.2) is 225 Å². The van der Waals surface area contributed by atoms with Gasteiger partial charge >= 0.3 is 0 Å². The topological polar surface area (TPSA) is 99.9 Å². The molecule has 4 aromatic carbocycles. The van der Waals surface area contributed by atoms with Gasteiger partial charge in [-0.25, -0.2) is 23.4 Å². The second-order valence-corrected chi connectivity index (χ2v) is 15.9. The summed E-state index contributed by atoms with van der Waals surface area (Å²) < 4.78 is 30.5. The zero-order chi connectivity index (χ0) is 38.3. The van der Waals surface area contributed by atoms with Crippen LogP contribution >= 0.6 is 0 Å². The molecule has 7 nitrogen and oxygen atoms in total. The molecule has 0 saturated carbocycles. The zero-order valence-electron chi connectivity index (χ0n) is 30.5. The number of benzene rings is 4. The maximum Gasteiger partial charge on any atom is 0.208 e. The first-order chi connectivity index (χ1) is 28.0. The highest BCUT2D eigenvalue weighted by Gasteiger charge is 2.43. The Balaban J connectivity index is 1.36. The van der Waals surface area contributed by atoms with E-state index in [1.807, 2.05) is 121 Å². The lowest BCUT2D eigenvalue weighted by Gasteiger charge is -2.23. The molecule has 0 radical (unpaired) electrons. The monoisotopic (exact) mass is 755 g/mol. The molecule has 10 rings (SSSR count). The second-order valence-electron chi connectivity index (χ2n) is 13.9. The summed E-state index contributed by atoms with van der Waals surface area (Å²) in [6.45, 7) is 0. The summed E-state index contributed by atoms with van der Waals surface area (Å²) in [5, 5.41) is 0.471. The Kier molecular flexibility index (Phi) is 8.46. The number of nitrogens with zero attached hydrogens (tertiary/aromatic N) is 4. The van der Waals surface area contributed by atoms with E-state index in [0.717, 1.165) is 55.5 Å². The lowest BCUT2D eigenvalue weighted by atomic mass is 9.89. The van der Waals surface area contributed by atoms with Crippen molar-refractivity contribution >= 4 is 49.3 Å². The van der Waals surface area contributed by atoms with Crippen molar-refractivity contribution in [1.29, 1.82) is 0 Å². The molecule has 1 N–H and O–H groups in total. The van der Waals surface area contributed by atoms with E-state index in [1.165, 1.54) is 6.20 Å². The number of aliphatic imine (C=N–C) groups is 3. The lowest BCUT2D eigenvalue weighted by molar-refractivity contribution is 0.591. The van der Waals surface area contributed by atoms with Crippen molar-refractivity contribution in [2.75, 3.05) is 0 Å². The number of aromatic nitrogens is 2. The van der Waals surface area contributed by atoms with Gasteiger partial charge in [-0.15, -0.1) is 0 Å². The van der Waals surface area contributed by atoms with Crippen molar-refractivity contribution in [3.05, 3.63) is 238 Å². The Labute approximate surface area is 329 Å². The summed E-state index contributed by atoms with van der Waals surface area (Å²) in [6, 6.07) is 49.1. The van der Waals surface area contributed by atoms with Crippen molar-refractivity contribution < 1.29 is 8.42 Å². The van der Waals surface area contributed by atoms with E-state index in [4.69, 9.17) is 15.0 Å². The predicted molar refractivity (Wildman–Crippen MR) is 229 cm³/mol. The first-order valence-electron chi connectivity index (χ1n) is 18.7. The number of allylic oxidation sites excluding steroid dienone is 6. The number of hydrogen-bond acceptors (Lipinski definition) is 6. The quantitative estimate of drug-likeness (QED) is 0.188. The van der Waals surface area contributed by atoms with Crippen molar-refractivity contribution in [3.63, 3.8) is 0 Å². The van der Waals surface area contributed by atoms with Gasteiger partial charge in [-0.1, -0.05) is 127 Å². The van der Waals surface area contributed by atoms with Gasteiger partial charge in [0.1, 0.15) is 5.25 Å². The number of H-pyrrole nitrogens is 1. The first-order valence-corrected chi connectivity index (χ1v) is 20.2. The van der Waals surface area contributed by atoms with E-state index in [9.17, 15) is 0 Å². The van der Waals surface area contributed by atoms with Crippen molar-refractivity contribution in [3.8, 4) is 0 Å². The third-order valence-electron chi connectivity index (χ3n) is 10.4. The van der Waals surface area contributed by atoms with E-state index in [-0.39, 0.29) is 5.03 Å². The van der Waals surface area contributed by atoms with Crippen LogP contribution in [0.3, 0.4) is 0 Å². The van der Waals surface area contributed by atoms with Crippen LogP contribution in [0.1, 0.15) is 22.3 Å². The summed E-state index contributed by atoms with van der Waals surface area (Å²) >= 11 is 0. The van der Waals surface area contributed by atoms with Gasteiger partial charge in [0.05, 0.1) is 28.5 Å². The van der Waals surface area contributed by atoms with Crippen LogP contribution in [0.2, 0.25) is 0 Å². The van der Waals surface area contributed by atoms with E-state index in [1.54, 1.807) is 24.4 Å². The average molecular weight is 756 g/mol. The number of pyridine rings is 1. The predicted octanol–water partition coefficient (Wildman–Crippen LogP) is 7.85. The fraction of sp³-hybridized carbons (Fsp3) is 0.0204. The lowest BCUT2D eigenvalue weighted by Crippen LogP contribution is -2.32. The van der Waals surface area contributed by atoms with Crippen LogP contribution in [-0.4, -0.2) is 40.8 Å². The molecule has 6 aromatic rings. The van der Waals surface area contributed by atoms with Gasteiger partial charge in [-0.05, 0) is 70.8 Å².